The molecule has 2 aromatic carbocycles. The highest BCUT2D eigenvalue weighted by molar-refractivity contribution is 5.98. The van der Waals surface area contributed by atoms with Gasteiger partial charge in [-0.25, -0.2) is 0 Å². The number of carbonyl (C=O) groups is 3. The summed E-state index contributed by atoms with van der Waals surface area (Å²) in [5.41, 5.74) is 1.86. The lowest BCUT2D eigenvalue weighted by Crippen LogP contribution is -2.56. The van der Waals surface area contributed by atoms with Crippen molar-refractivity contribution in [2.24, 2.45) is 5.41 Å². The summed E-state index contributed by atoms with van der Waals surface area (Å²) in [6, 6.07) is 15.0. The standard InChI is InChI=1S/C22H26N2O4/c1-14(21(27)28)23-20(26)18(22(2,3)4)24-19(25)17-12-10-16(11-13-17)15-8-6-5-7-9-15/h5-14,18H,1-4H3,(H,23,26)(H,24,25)(H,27,28). The van der Waals surface area contributed by atoms with Crippen molar-refractivity contribution in [3.05, 3.63) is 60.2 Å². The van der Waals surface area contributed by atoms with Crippen LogP contribution in [0.3, 0.4) is 0 Å². The molecule has 148 valence electrons. The highest BCUT2D eigenvalue weighted by Crippen LogP contribution is 2.22. The molecule has 2 aromatic rings. The van der Waals surface area contributed by atoms with E-state index in [-0.39, 0.29) is 0 Å². The Morgan fingerprint density at radius 2 is 1.39 bits per heavy atom. The van der Waals surface area contributed by atoms with E-state index in [1.807, 2.05) is 63.2 Å². The van der Waals surface area contributed by atoms with Crippen LogP contribution in [0.2, 0.25) is 0 Å². The number of nitrogens with one attached hydrogen (secondary N) is 2. The van der Waals surface area contributed by atoms with Gasteiger partial charge in [-0.15, -0.1) is 0 Å². The van der Waals surface area contributed by atoms with Gasteiger partial charge in [-0.3, -0.25) is 14.4 Å². The molecule has 0 aliphatic rings. The van der Waals surface area contributed by atoms with Crippen LogP contribution in [0, 0.1) is 5.41 Å². The molecule has 2 amide bonds. The minimum Gasteiger partial charge on any atom is -0.480 e. The van der Waals surface area contributed by atoms with E-state index in [9.17, 15) is 14.4 Å². The Kier molecular flexibility index (Phi) is 6.57. The lowest BCUT2D eigenvalue weighted by Gasteiger charge is -2.31. The third-order valence-electron chi connectivity index (χ3n) is 4.39. The number of hydrogen-bond acceptors (Lipinski definition) is 3. The second-order valence-electron chi connectivity index (χ2n) is 7.78. The predicted molar refractivity (Wildman–Crippen MR) is 108 cm³/mol. The summed E-state index contributed by atoms with van der Waals surface area (Å²) < 4.78 is 0. The van der Waals surface area contributed by atoms with E-state index < -0.39 is 35.3 Å². The van der Waals surface area contributed by atoms with Gasteiger partial charge in [0.05, 0.1) is 0 Å². The molecule has 0 spiro atoms. The van der Waals surface area contributed by atoms with E-state index in [1.165, 1.54) is 6.92 Å². The lowest BCUT2D eigenvalue weighted by molar-refractivity contribution is -0.142. The van der Waals surface area contributed by atoms with Crippen LogP contribution in [-0.4, -0.2) is 35.0 Å². The zero-order valence-corrected chi connectivity index (χ0v) is 16.5. The average Bonchev–Trinajstić information content (AvgIpc) is 2.65. The molecule has 0 saturated carbocycles. The number of hydrogen-bond donors (Lipinski definition) is 3. The average molecular weight is 382 g/mol. The van der Waals surface area contributed by atoms with E-state index in [4.69, 9.17) is 5.11 Å². The van der Waals surface area contributed by atoms with Gasteiger partial charge >= 0.3 is 5.97 Å². The molecule has 0 heterocycles. The molecule has 2 rings (SSSR count). The Bertz CT molecular complexity index is 839. The largest absolute Gasteiger partial charge is 0.480 e. The van der Waals surface area contributed by atoms with Crippen molar-refractivity contribution in [1.82, 2.24) is 10.6 Å². The molecule has 0 bridgehead atoms. The highest BCUT2D eigenvalue weighted by atomic mass is 16.4. The predicted octanol–water partition coefficient (Wildman–Crippen LogP) is 3.09. The maximum atomic E-state index is 12.7. The molecule has 28 heavy (non-hydrogen) atoms. The first-order valence-corrected chi connectivity index (χ1v) is 9.09. The maximum absolute atomic E-state index is 12.7. The number of carboxylic acid groups (broad SMARTS) is 1. The molecule has 0 aliphatic heterocycles. The summed E-state index contributed by atoms with van der Waals surface area (Å²) in [6.45, 7) is 6.80. The molecule has 0 aromatic heterocycles. The Balaban J connectivity index is 2.15. The second-order valence-corrected chi connectivity index (χ2v) is 7.78. The van der Waals surface area contributed by atoms with Crippen LogP contribution >= 0.6 is 0 Å². The zero-order chi connectivity index (χ0) is 20.9. The molecule has 3 N–H and O–H groups in total. The molecular formula is C22H26N2O4. The van der Waals surface area contributed by atoms with Crippen LogP contribution in [0.15, 0.2) is 54.6 Å². The maximum Gasteiger partial charge on any atom is 0.325 e. The van der Waals surface area contributed by atoms with Gasteiger partial charge in [-0.1, -0.05) is 63.2 Å². The van der Waals surface area contributed by atoms with Crippen molar-refractivity contribution in [1.29, 1.82) is 0 Å². The summed E-state index contributed by atoms with van der Waals surface area (Å²) in [7, 11) is 0. The molecule has 6 nitrogen and oxygen atoms in total. The Hall–Kier alpha value is -3.15. The normalized spacial score (nSPS) is 13.3. The van der Waals surface area contributed by atoms with Crippen LogP contribution in [0.1, 0.15) is 38.1 Å². The second kappa shape index (κ2) is 8.69. The summed E-state index contributed by atoms with van der Waals surface area (Å²) in [5, 5.41) is 14.1. The number of benzene rings is 2. The fourth-order valence-electron chi connectivity index (χ4n) is 2.69. The van der Waals surface area contributed by atoms with Gasteiger partial charge < -0.3 is 15.7 Å². The van der Waals surface area contributed by atoms with Crippen molar-refractivity contribution in [2.45, 2.75) is 39.8 Å². The molecule has 6 heteroatoms. The monoisotopic (exact) mass is 382 g/mol. The van der Waals surface area contributed by atoms with E-state index in [0.29, 0.717) is 5.56 Å². The minimum atomic E-state index is -1.14. The SMILES string of the molecule is CC(NC(=O)C(NC(=O)c1ccc(-c2ccccc2)cc1)C(C)(C)C)C(=O)O. The van der Waals surface area contributed by atoms with Crippen LogP contribution in [-0.2, 0) is 9.59 Å². The van der Waals surface area contributed by atoms with Gasteiger partial charge in [0, 0.05) is 5.56 Å². The van der Waals surface area contributed by atoms with E-state index in [2.05, 4.69) is 10.6 Å². The van der Waals surface area contributed by atoms with Crippen LogP contribution in [0.25, 0.3) is 11.1 Å². The Labute approximate surface area is 165 Å². The third-order valence-corrected chi connectivity index (χ3v) is 4.39. The van der Waals surface area contributed by atoms with Crippen LogP contribution < -0.4 is 10.6 Å². The summed E-state index contributed by atoms with van der Waals surface area (Å²) in [6.07, 6.45) is 0. The summed E-state index contributed by atoms with van der Waals surface area (Å²) in [5.74, 6) is -2.06. The Morgan fingerprint density at radius 1 is 0.857 bits per heavy atom. The molecular weight excluding hydrogens is 356 g/mol. The smallest absolute Gasteiger partial charge is 0.325 e. The van der Waals surface area contributed by atoms with Crippen molar-refractivity contribution < 1.29 is 19.5 Å². The van der Waals surface area contributed by atoms with Gasteiger partial charge in [-0.05, 0) is 35.6 Å². The quantitative estimate of drug-likeness (QED) is 0.715. The summed E-state index contributed by atoms with van der Waals surface area (Å²) in [4.78, 5) is 36.2. The molecule has 0 fully saturated rings. The molecule has 2 unspecified atom stereocenters. The number of rotatable bonds is 6. The molecule has 0 saturated heterocycles. The topological polar surface area (TPSA) is 95.5 Å². The summed E-state index contributed by atoms with van der Waals surface area (Å²) >= 11 is 0. The van der Waals surface area contributed by atoms with Gasteiger partial charge in [-0.2, -0.15) is 0 Å². The fourth-order valence-corrected chi connectivity index (χ4v) is 2.69. The van der Waals surface area contributed by atoms with Gasteiger partial charge in [0.15, 0.2) is 0 Å². The Morgan fingerprint density at radius 3 is 1.89 bits per heavy atom. The third kappa shape index (κ3) is 5.42. The van der Waals surface area contributed by atoms with Gasteiger partial charge in [0.2, 0.25) is 5.91 Å². The first-order valence-electron chi connectivity index (χ1n) is 9.09. The molecule has 0 radical (unpaired) electrons. The van der Waals surface area contributed by atoms with E-state index in [0.717, 1.165) is 11.1 Å². The minimum absolute atomic E-state index is 0.391. The van der Waals surface area contributed by atoms with Crippen molar-refractivity contribution in [2.75, 3.05) is 0 Å². The first kappa shape index (κ1) is 21.2. The van der Waals surface area contributed by atoms with E-state index >= 15 is 0 Å². The number of amides is 2. The van der Waals surface area contributed by atoms with Gasteiger partial charge in [0.25, 0.3) is 5.91 Å². The fraction of sp³-hybridized carbons (Fsp3) is 0.318. The van der Waals surface area contributed by atoms with Crippen molar-refractivity contribution in [3.63, 3.8) is 0 Å². The van der Waals surface area contributed by atoms with Crippen molar-refractivity contribution >= 4 is 17.8 Å². The van der Waals surface area contributed by atoms with Gasteiger partial charge in [0.1, 0.15) is 12.1 Å². The lowest BCUT2D eigenvalue weighted by atomic mass is 9.85. The number of carbonyl (C=O) groups excluding carboxylic acids is 2. The van der Waals surface area contributed by atoms with Crippen molar-refractivity contribution in [3.8, 4) is 11.1 Å². The van der Waals surface area contributed by atoms with Crippen LogP contribution in [0.5, 0.6) is 0 Å². The highest BCUT2D eigenvalue weighted by Gasteiger charge is 2.34. The van der Waals surface area contributed by atoms with Crippen LogP contribution in [0.4, 0.5) is 0 Å². The number of carboxylic acids is 1. The first-order chi connectivity index (χ1) is 13.1. The molecule has 2 atom stereocenters. The zero-order valence-electron chi connectivity index (χ0n) is 16.5. The van der Waals surface area contributed by atoms with E-state index in [1.54, 1.807) is 12.1 Å². The number of aliphatic carboxylic acids is 1. The molecule has 0 aliphatic carbocycles.